The molecule has 0 bridgehead atoms. The van der Waals surface area contributed by atoms with Crippen molar-refractivity contribution in [2.24, 2.45) is 11.7 Å². The Morgan fingerprint density at radius 1 is 1.55 bits per heavy atom. The van der Waals surface area contributed by atoms with Gasteiger partial charge in [0.25, 0.3) is 0 Å². The van der Waals surface area contributed by atoms with Gasteiger partial charge in [0.1, 0.15) is 5.54 Å². The molecule has 5 nitrogen and oxygen atoms in total. The molecule has 1 heterocycles. The van der Waals surface area contributed by atoms with Gasteiger partial charge in [-0.05, 0) is 38.0 Å². The van der Waals surface area contributed by atoms with E-state index in [1.54, 1.807) is 6.20 Å². The van der Waals surface area contributed by atoms with Crippen LogP contribution in [-0.4, -0.2) is 27.3 Å². The van der Waals surface area contributed by atoms with E-state index < -0.39 is 5.54 Å². The highest BCUT2D eigenvalue weighted by Crippen LogP contribution is 2.40. The lowest BCUT2D eigenvalue weighted by Gasteiger charge is -2.34. The summed E-state index contributed by atoms with van der Waals surface area (Å²) in [4.78, 5) is 12.0. The lowest BCUT2D eigenvalue weighted by atomic mass is 9.83. The Labute approximate surface area is 123 Å². The highest BCUT2D eigenvalue weighted by Gasteiger charge is 2.49. The zero-order valence-corrected chi connectivity index (χ0v) is 12.3. The molecule has 3 N–H and O–H groups in total. The number of carbonyl (C=O) groups is 1. The maximum atomic E-state index is 12.0. The largest absolute Gasteiger partial charge is 0.368 e. The fraction of sp³-hybridized carbons (Fsp3) is 0.714. The number of rotatable bonds is 6. The van der Waals surface area contributed by atoms with E-state index in [9.17, 15) is 4.79 Å². The zero-order valence-electron chi connectivity index (χ0n) is 11.5. The van der Waals surface area contributed by atoms with Gasteiger partial charge < -0.3 is 11.1 Å². The molecule has 110 valence electrons. The molecule has 2 fully saturated rings. The number of primary amides is 1. The quantitative estimate of drug-likeness (QED) is 0.839. The Bertz CT molecular complexity index is 499. The monoisotopic (exact) mass is 296 g/mol. The third kappa shape index (κ3) is 2.69. The van der Waals surface area contributed by atoms with Crippen LogP contribution in [0.15, 0.2) is 12.4 Å². The number of carbonyl (C=O) groups excluding carboxylic acids is 1. The Morgan fingerprint density at radius 3 is 2.95 bits per heavy atom. The molecule has 0 aliphatic heterocycles. The molecular formula is C14H21ClN4O. The summed E-state index contributed by atoms with van der Waals surface area (Å²) in [6.45, 7) is 0.777. The molecule has 1 amide bonds. The number of amides is 1. The highest BCUT2D eigenvalue weighted by atomic mass is 35.5. The molecule has 2 atom stereocenters. The summed E-state index contributed by atoms with van der Waals surface area (Å²) in [5.41, 5.74) is 5.23. The van der Waals surface area contributed by atoms with Gasteiger partial charge in [-0.25, -0.2) is 0 Å². The molecule has 3 rings (SSSR count). The van der Waals surface area contributed by atoms with Crippen molar-refractivity contribution in [1.29, 1.82) is 0 Å². The Morgan fingerprint density at radius 2 is 2.35 bits per heavy atom. The number of aromatic nitrogens is 2. The minimum Gasteiger partial charge on any atom is -0.368 e. The van der Waals surface area contributed by atoms with E-state index in [4.69, 9.17) is 17.3 Å². The van der Waals surface area contributed by atoms with Crippen LogP contribution in [0.5, 0.6) is 0 Å². The van der Waals surface area contributed by atoms with Gasteiger partial charge in [-0.1, -0.05) is 18.0 Å². The Balaban J connectivity index is 1.67. The number of nitrogens with one attached hydrogen (secondary N) is 1. The second-order valence-electron chi connectivity index (χ2n) is 6.05. The molecular weight excluding hydrogens is 276 g/mol. The first-order valence-corrected chi connectivity index (χ1v) is 7.73. The number of halogens is 1. The molecule has 0 radical (unpaired) electrons. The Kier molecular flexibility index (Phi) is 3.73. The molecule has 0 saturated heterocycles. The van der Waals surface area contributed by atoms with Crippen LogP contribution < -0.4 is 11.1 Å². The predicted octanol–water partition coefficient (Wildman–Crippen LogP) is 1.70. The van der Waals surface area contributed by atoms with Crippen molar-refractivity contribution in [3.63, 3.8) is 0 Å². The summed E-state index contributed by atoms with van der Waals surface area (Å²) in [7, 11) is 0. The van der Waals surface area contributed by atoms with Crippen LogP contribution in [0.4, 0.5) is 0 Å². The highest BCUT2D eigenvalue weighted by molar-refractivity contribution is 6.30. The van der Waals surface area contributed by atoms with Crippen molar-refractivity contribution in [2.75, 3.05) is 0 Å². The van der Waals surface area contributed by atoms with Gasteiger partial charge in [0.2, 0.25) is 5.91 Å². The first-order chi connectivity index (χ1) is 9.60. The zero-order chi connectivity index (χ0) is 14.2. The fourth-order valence-electron chi connectivity index (χ4n) is 3.39. The summed E-state index contributed by atoms with van der Waals surface area (Å²) in [6, 6.07) is 0.488. The predicted molar refractivity (Wildman–Crippen MR) is 77.3 cm³/mol. The summed E-state index contributed by atoms with van der Waals surface area (Å²) in [5.74, 6) is 0.106. The molecule has 2 aliphatic carbocycles. The second-order valence-corrected chi connectivity index (χ2v) is 6.49. The van der Waals surface area contributed by atoms with Crippen LogP contribution in [0.1, 0.15) is 38.5 Å². The maximum Gasteiger partial charge on any atom is 0.238 e. The van der Waals surface area contributed by atoms with Crippen LogP contribution >= 0.6 is 11.6 Å². The lowest BCUT2D eigenvalue weighted by molar-refractivity contribution is -0.126. The third-order valence-electron chi connectivity index (χ3n) is 4.61. The van der Waals surface area contributed by atoms with Gasteiger partial charge in [-0.15, -0.1) is 0 Å². The number of aryl methyl sites for hydroxylation is 1. The average Bonchev–Trinajstić information content (AvgIpc) is 2.95. The van der Waals surface area contributed by atoms with Gasteiger partial charge in [-0.2, -0.15) is 5.10 Å². The van der Waals surface area contributed by atoms with E-state index in [0.717, 1.165) is 45.1 Å². The van der Waals surface area contributed by atoms with Gasteiger partial charge in [0.15, 0.2) is 0 Å². The molecule has 2 saturated carbocycles. The number of hydrogen-bond acceptors (Lipinski definition) is 3. The van der Waals surface area contributed by atoms with Crippen molar-refractivity contribution in [3.8, 4) is 0 Å². The van der Waals surface area contributed by atoms with Crippen LogP contribution in [0.2, 0.25) is 5.02 Å². The summed E-state index contributed by atoms with van der Waals surface area (Å²) < 4.78 is 1.84. The first-order valence-electron chi connectivity index (χ1n) is 7.36. The molecule has 0 aromatic carbocycles. The van der Waals surface area contributed by atoms with Crippen molar-refractivity contribution in [2.45, 2.75) is 56.7 Å². The molecule has 2 aliphatic rings. The smallest absolute Gasteiger partial charge is 0.238 e. The van der Waals surface area contributed by atoms with Crippen LogP contribution in [0, 0.1) is 5.92 Å². The van der Waals surface area contributed by atoms with Gasteiger partial charge >= 0.3 is 0 Å². The SMILES string of the molecule is NC(=O)C1(NC2CC2)CCCC1CCn1cc(Cl)cn1. The van der Waals surface area contributed by atoms with E-state index in [1.807, 2.05) is 10.9 Å². The second kappa shape index (κ2) is 5.37. The molecule has 1 aromatic heterocycles. The van der Waals surface area contributed by atoms with E-state index in [1.165, 1.54) is 0 Å². The maximum absolute atomic E-state index is 12.0. The fourth-order valence-corrected chi connectivity index (χ4v) is 3.55. The van der Waals surface area contributed by atoms with Gasteiger partial charge in [0.05, 0.1) is 11.2 Å². The lowest BCUT2D eigenvalue weighted by Crippen LogP contribution is -2.58. The van der Waals surface area contributed by atoms with Crippen molar-refractivity contribution < 1.29 is 4.79 Å². The number of hydrogen-bond donors (Lipinski definition) is 2. The molecule has 6 heteroatoms. The van der Waals surface area contributed by atoms with Gasteiger partial charge in [-0.3, -0.25) is 9.48 Å². The molecule has 20 heavy (non-hydrogen) atoms. The van der Waals surface area contributed by atoms with Crippen LogP contribution in [0.3, 0.4) is 0 Å². The summed E-state index contributed by atoms with van der Waals surface area (Å²) >= 11 is 5.87. The van der Waals surface area contributed by atoms with E-state index in [-0.39, 0.29) is 5.91 Å². The minimum absolute atomic E-state index is 0.189. The average molecular weight is 297 g/mol. The topological polar surface area (TPSA) is 72.9 Å². The molecule has 0 spiro atoms. The summed E-state index contributed by atoms with van der Waals surface area (Å²) in [5, 5.41) is 8.36. The van der Waals surface area contributed by atoms with E-state index >= 15 is 0 Å². The van der Waals surface area contributed by atoms with E-state index in [0.29, 0.717) is 17.0 Å². The molecule has 2 unspecified atom stereocenters. The first kappa shape index (κ1) is 13.9. The van der Waals surface area contributed by atoms with Gasteiger partial charge in [0, 0.05) is 18.8 Å². The minimum atomic E-state index is -0.502. The van der Waals surface area contributed by atoms with Crippen LogP contribution in [-0.2, 0) is 11.3 Å². The van der Waals surface area contributed by atoms with Crippen LogP contribution in [0.25, 0.3) is 0 Å². The Hall–Kier alpha value is -1.07. The normalized spacial score (nSPS) is 29.8. The number of nitrogens with zero attached hydrogens (tertiary/aromatic N) is 2. The molecule has 1 aromatic rings. The van der Waals surface area contributed by atoms with E-state index in [2.05, 4.69) is 10.4 Å². The van der Waals surface area contributed by atoms with Crippen molar-refractivity contribution >= 4 is 17.5 Å². The third-order valence-corrected chi connectivity index (χ3v) is 4.80. The van der Waals surface area contributed by atoms with Crippen molar-refractivity contribution in [1.82, 2.24) is 15.1 Å². The number of nitrogens with two attached hydrogens (primary N) is 1. The summed E-state index contributed by atoms with van der Waals surface area (Å²) in [6.07, 6.45) is 9.67. The standard InChI is InChI=1S/C14H21ClN4O/c15-11-8-17-19(9-11)7-5-10-2-1-6-14(10,13(16)20)18-12-3-4-12/h8-10,12,18H,1-7H2,(H2,16,20). The van der Waals surface area contributed by atoms with Crippen molar-refractivity contribution in [3.05, 3.63) is 17.4 Å².